The minimum Gasteiger partial charge on any atom is -0.371 e. The van der Waals surface area contributed by atoms with Crippen LogP contribution in [0.15, 0.2) is 48.5 Å². The van der Waals surface area contributed by atoms with Crippen molar-refractivity contribution in [2.45, 2.75) is 38.8 Å². The molecule has 0 aromatic heterocycles. The Balaban J connectivity index is 1.51. The zero-order valence-electron chi connectivity index (χ0n) is 16.1. The Hall–Kier alpha value is -2.93. The number of para-hydroxylation sites is 1. The Morgan fingerprint density at radius 3 is 2.68 bits per heavy atom. The van der Waals surface area contributed by atoms with Gasteiger partial charge in [0.15, 0.2) is 0 Å². The molecular formula is C21H26N4O3. The van der Waals surface area contributed by atoms with E-state index in [1.54, 1.807) is 18.2 Å². The smallest absolute Gasteiger partial charge is 0.273 e. The van der Waals surface area contributed by atoms with Crippen LogP contribution in [0, 0.1) is 10.1 Å². The Morgan fingerprint density at radius 1 is 1.18 bits per heavy atom. The molecule has 1 saturated heterocycles. The van der Waals surface area contributed by atoms with E-state index in [9.17, 15) is 14.9 Å². The van der Waals surface area contributed by atoms with Gasteiger partial charge in [0.2, 0.25) is 5.91 Å². The number of nitro groups is 1. The maximum absolute atomic E-state index is 12.4. The summed E-state index contributed by atoms with van der Waals surface area (Å²) in [6.07, 6.45) is 2.70. The molecule has 1 amide bonds. The van der Waals surface area contributed by atoms with Crippen LogP contribution in [0.1, 0.15) is 31.7 Å². The lowest BCUT2D eigenvalue weighted by atomic mass is 10.1. The van der Waals surface area contributed by atoms with Crippen molar-refractivity contribution in [3.63, 3.8) is 0 Å². The van der Waals surface area contributed by atoms with Gasteiger partial charge in [-0.15, -0.1) is 0 Å². The summed E-state index contributed by atoms with van der Waals surface area (Å²) in [4.78, 5) is 25.4. The van der Waals surface area contributed by atoms with E-state index in [-0.39, 0.29) is 29.0 Å². The van der Waals surface area contributed by atoms with Crippen LogP contribution >= 0.6 is 0 Å². The van der Waals surface area contributed by atoms with Crippen LogP contribution < -0.4 is 15.5 Å². The third-order valence-corrected chi connectivity index (χ3v) is 4.92. The van der Waals surface area contributed by atoms with Gasteiger partial charge in [0.25, 0.3) is 5.69 Å². The van der Waals surface area contributed by atoms with E-state index < -0.39 is 0 Å². The zero-order chi connectivity index (χ0) is 19.9. The molecule has 2 aromatic carbocycles. The van der Waals surface area contributed by atoms with Crippen LogP contribution in [-0.4, -0.2) is 30.0 Å². The highest BCUT2D eigenvalue weighted by Gasteiger charge is 2.15. The Labute approximate surface area is 164 Å². The lowest BCUT2D eigenvalue weighted by molar-refractivity contribution is -0.385. The van der Waals surface area contributed by atoms with Gasteiger partial charge in [-0.1, -0.05) is 24.3 Å². The van der Waals surface area contributed by atoms with Gasteiger partial charge in [-0.3, -0.25) is 14.9 Å². The number of anilines is 2. The van der Waals surface area contributed by atoms with Crippen LogP contribution in [0.2, 0.25) is 0 Å². The van der Waals surface area contributed by atoms with Crippen molar-refractivity contribution >= 4 is 23.0 Å². The fraction of sp³-hybridized carbons (Fsp3) is 0.381. The lowest BCUT2D eigenvalue weighted by Crippen LogP contribution is -2.30. The van der Waals surface area contributed by atoms with Crippen molar-refractivity contribution in [1.82, 2.24) is 5.32 Å². The van der Waals surface area contributed by atoms with Gasteiger partial charge in [-0.2, -0.15) is 0 Å². The summed E-state index contributed by atoms with van der Waals surface area (Å²) in [7, 11) is 0. The van der Waals surface area contributed by atoms with Gasteiger partial charge in [-0.05, 0) is 38.0 Å². The number of amides is 1. The molecule has 1 unspecified atom stereocenters. The summed E-state index contributed by atoms with van der Waals surface area (Å²) >= 11 is 0. The van der Waals surface area contributed by atoms with E-state index in [2.05, 4.69) is 21.6 Å². The fourth-order valence-electron chi connectivity index (χ4n) is 3.44. The summed E-state index contributed by atoms with van der Waals surface area (Å²) in [5.74, 6) is -0.0823. The Bertz CT molecular complexity index is 834. The number of carbonyl (C=O) groups excluding carboxylic acids is 1. The summed E-state index contributed by atoms with van der Waals surface area (Å²) in [5.41, 5.74) is 2.63. The van der Waals surface area contributed by atoms with E-state index >= 15 is 0 Å². The predicted octanol–water partition coefficient (Wildman–Crippen LogP) is 3.70. The number of nitrogens with zero attached hydrogens (tertiary/aromatic N) is 2. The molecule has 1 aliphatic rings. The summed E-state index contributed by atoms with van der Waals surface area (Å²) in [5, 5.41) is 17.2. The number of benzene rings is 2. The number of nitro benzene ring substituents is 1. The second kappa shape index (κ2) is 9.32. The second-order valence-corrected chi connectivity index (χ2v) is 7.16. The molecule has 3 rings (SSSR count). The number of hydrogen-bond acceptors (Lipinski definition) is 5. The van der Waals surface area contributed by atoms with Gasteiger partial charge >= 0.3 is 0 Å². The molecule has 7 nitrogen and oxygen atoms in total. The number of hydrogen-bond donors (Lipinski definition) is 2. The molecule has 1 atom stereocenters. The van der Waals surface area contributed by atoms with Crippen molar-refractivity contribution in [1.29, 1.82) is 0 Å². The number of carbonyl (C=O) groups is 1. The van der Waals surface area contributed by atoms with Crippen LogP contribution in [0.5, 0.6) is 0 Å². The first kappa shape index (κ1) is 19.8. The molecule has 2 N–H and O–H groups in total. The molecule has 2 aromatic rings. The van der Waals surface area contributed by atoms with Crippen LogP contribution in [-0.2, 0) is 11.3 Å². The molecule has 0 radical (unpaired) electrons. The molecule has 28 heavy (non-hydrogen) atoms. The van der Waals surface area contributed by atoms with E-state index in [1.807, 2.05) is 25.1 Å². The SMILES string of the molecule is CC(CC(=O)Nc1cccc(N2CCCC2)c1)NCc1ccccc1[N+](=O)[O-]. The van der Waals surface area contributed by atoms with Gasteiger partial charge in [-0.25, -0.2) is 0 Å². The highest BCUT2D eigenvalue weighted by Crippen LogP contribution is 2.23. The molecular weight excluding hydrogens is 356 g/mol. The van der Waals surface area contributed by atoms with Crippen LogP contribution in [0.3, 0.4) is 0 Å². The van der Waals surface area contributed by atoms with Gasteiger partial charge < -0.3 is 15.5 Å². The molecule has 148 valence electrons. The van der Waals surface area contributed by atoms with E-state index in [0.717, 1.165) is 24.5 Å². The maximum atomic E-state index is 12.4. The first-order valence-corrected chi connectivity index (χ1v) is 9.63. The van der Waals surface area contributed by atoms with Crippen LogP contribution in [0.25, 0.3) is 0 Å². The highest BCUT2D eigenvalue weighted by atomic mass is 16.6. The quantitative estimate of drug-likeness (QED) is 0.537. The van der Waals surface area contributed by atoms with Gasteiger partial charge in [0.1, 0.15) is 0 Å². The van der Waals surface area contributed by atoms with Crippen molar-refractivity contribution in [3.8, 4) is 0 Å². The molecule has 0 aliphatic carbocycles. The predicted molar refractivity (Wildman–Crippen MR) is 111 cm³/mol. The minimum absolute atomic E-state index is 0.0823. The number of nitrogens with one attached hydrogen (secondary N) is 2. The Kier molecular flexibility index (Phi) is 6.60. The summed E-state index contributed by atoms with van der Waals surface area (Å²) in [6.45, 7) is 4.36. The molecule has 0 spiro atoms. The fourth-order valence-corrected chi connectivity index (χ4v) is 3.44. The lowest BCUT2D eigenvalue weighted by Gasteiger charge is -2.19. The summed E-state index contributed by atoms with van der Waals surface area (Å²) in [6, 6.07) is 14.4. The monoisotopic (exact) mass is 382 g/mol. The van der Waals surface area contributed by atoms with E-state index in [0.29, 0.717) is 12.1 Å². The summed E-state index contributed by atoms with van der Waals surface area (Å²) < 4.78 is 0. The molecule has 7 heteroatoms. The average Bonchev–Trinajstić information content (AvgIpc) is 3.21. The maximum Gasteiger partial charge on any atom is 0.273 e. The number of rotatable bonds is 8. The third kappa shape index (κ3) is 5.29. The Morgan fingerprint density at radius 2 is 1.93 bits per heavy atom. The van der Waals surface area contributed by atoms with Crippen LogP contribution in [0.4, 0.5) is 17.1 Å². The normalized spacial score (nSPS) is 14.7. The van der Waals surface area contributed by atoms with Gasteiger partial charge in [0.05, 0.1) is 4.92 Å². The molecule has 0 bridgehead atoms. The van der Waals surface area contributed by atoms with Crippen molar-refractivity contribution in [2.24, 2.45) is 0 Å². The minimum atomic E-state index is -0.387. The van der Waals surface area contributed by atoms with E-state index in [4.69, 9.17) is 0 Å². The van der Waals surface area contributed by atoms with Gasteiger partial charge in [0, 0.05) is 55.1 Å². The first-order chi connectivity index (χ1) is 13.5. The highest BCUT2D eigenvalue weighted by molar-refractivity contribution is 5.91. The first-order valence-electron chi connectivity index (χ1n) is 9.63. The average molecular weight is 382 g/mol. The van der Waals surface area contributed by atoms with Crippen molar-refractivity contribution < 1.29 is 9.72 Å². The molecule has 1 aliphatic heterocycles. The standard InChI is InChI=1S/C21H26N4O3/c1-16(22-15-17-7-2-3-10-20(17)25(27)28)13-21(26)23-18-8-6-9-19(14-18)24-11-4-5-12-24/h2-3,6-10,14,16,22H,4-5,11-13,15H2,1H3,(H,23,26). The molecule has 0 saturated carbocycles. The van der Waals surface area contributed by atoms with Crippen molar-refractivity contribution in [3.05, 3.63) is 64.2 Å². The second-order valence-electron chi connectivity index (χ2n) is 7.16. The molecule has 1 heterocycles. The third-order valence-electron chi connectivity index (χ3n) is 4.92. The zero-order valence-corrected chi connectivity index (χ0v) is 16.1. The van der Waals surface area contributed by atoms with E-state index in [1.165, 1.54) is 18.9 Å². The largest absolute Gasteiger partial charge is 0.371 e. The van der Waals surface area contributed by atoms with Crippen molar-refractivity contribution in [2.75, 3.05) is 23.3 Å². The topological polar surface area (TPSA) is 87.5 Å². The molecule has 1 fully saturated rings.